The summed E-state index contributed by atoms with van der Waals surface area (Å²) in [5, 5.41) is 10.2. The number of unbranched alkanes of at least 4 members (excludes halogenated alkanes) is 24. The van der Waals surface area contributed by atoms with E-state index in [0.717, 1.165) is 77.0 Å². The number of hydrogen-bond donors (Lipinski definition) is 3. The molecule has 60 heavy (non-hydrogen) atoms. The van der Waals surface area contributed by atoms with Gasteiger partial charge in [0.1, 0.15) is 0 Å². The summed E-state index contributed by atoms with van der Waals surface area (Å²) in [5.41, 5.74) is 1.25. The summed E-state index contributed by atoms with van der Waals surface area (Å²) >= 11 is 0. The lowest BCUT2D eigenvalue weighted by Gasteiger charge is -2.22. The Morgan fingerprint density at radius 2 is 0.467 bits per heavy atom. The fraction of sp³-hybridized carbons (Fsp3) is 0.833. The molecule has 0 aromatic heterocycles. The van der Waals surface area contributed by atoms with Crippen molar-refractivity contribution in [3.05, 3.63) is 34.9 Å². The molecule has 0 heterocycles. The molecule has 1 rings (SSSR count). The van der Waals surface area contributed by atoms with Crippen molar-refractivity contribution in [2.24, 2.45) is 0 Å². The Morgan fingerprint density at radius 1 is 0.300 bits per heavy atom. The number of rotatable bonds is 42. The molecular formula is C54H99N3O3. The zero-order valence-electron chi connectivity index (χ0n) is 40.6. The van der Waals surface area contributed by atoms with Gasteiger partial charge in [0, 0.05) is 34.8 Å². The summed E-state index contributed by atoms with van der Waals surface area (Å²) in [5.74, 6) is -0.510. The third-order valence-corrected chi connectivity index (χ3v) is 12.7. The number of amides is 3. The van der Waals surface area contributed by atoms with Crippen LogP contribution in [0.15, 0.2) is 18.2 Å². The van der Waals surface area contributed by atoms with Crippen molar-refractivity contribution in [2.45, 2.75) is 291 Å². The number of carbonyl (C=O) groups excluding carboxylic acids is 3. The van der Waals surface area contributed by atoms with Crippen LogP contribution in [0.25, 0.3) is 0 Å². The van der Waals surface area contributed by atoms with Gasteiger partial charge in [0.2, 0.25) is 0 Å². The van der Waals surface area contributed by atoms with Crippen LogP contribution in [0.4, 0.5) is 0 Å². The van der Waals surface area contributed by atoms with Gasteiger partial charge in [0.25, 0.3) is 17.7 Å². The van der Waals surface area contributed by atoms with Crippen molar-refractivity contribution in [1.82, 2.24) is 16.0 Å². The van der Waals surface area contributed by atoms with E-state index in [4.69, 9.17) is 0 Å². The second-order valence-corrected chi connectivity index (χ2v) is 18.5. The third-order valence-electron chi connectivity index (χ3n) is 12.7. The molecule has 0 fully saturated rings. The summed E-state index contributed by atoms with van der Waals surface area (Å²) in [6, 6.07) is 5.51. The van der Waals surface area contributed by atoms with Crippen molar-refractivity contribution in [3.8, 4) is 0 Å². The van der Waals surface area contributed by atoms with Crippen molar-refractivity contribution >= 4 is 17.7 Å². The Kier molecular flexibility index (Phi) is 36.6. The Labute approximate surface area is 372 Å². The largest absolute Gasteiger partial charge is 0.349 e. The molecular weight excluding hydrogens is 739 g/mol. The zero-order chi connectivity index (χ0) is 43.9. The molecule has 0 bridgehead atoms. The van der Waals surface area contributed by atoms with Gasteiger partial charge >= 0.3 is 0 Å². The molecule has 0 spiro atoms. The summed E-state index contributed by atoms with van der Waals surface area (Å²) in [6.45, 7) is 13.5. The second kappa shape index (κ2) is 39.5. The van der Waals surface area contributed by atoms with E-state index >= 15 is 0 Å². The first-order valence-corrected chi connectivity index (χ1v) is 26.4. The maximum Gasteiger partial charge on any atom is 0.251 e. The van der Waals surface area contributed by atoms with Crippen LogP contribution in [0.2, 0.25) is 0 Å². The van der Waals surface area contributed by atoms with Crippen molar-refractivity contribution in [1.29, 1.82) is 0 Å². The average molecular weight is 838 g/mol. The van der Waals surface area contributed by atoms with Gasteiger partial charge in [-0.3, -0.25) is 14.4 Å². The number of benzene rings is 1. The third kappa shape index (κ3) is 29.0. The predicted molar refractivity (Wildman–Crippen MR) is 260 cm³/mol. The molecule has 0 radical (unpaired) electrons. The van der Waals surface area contributed by atoms with Crippen LogP contribution >= 0.6 is 0 Å². The summed E-state index contributed by atoms with van der Waals surface area (Å²) in [6.07, 6.45) is 41.9. The molecule has 3 amide bonds. The highest BCUT2D eigenvalue weighted by Gasteiger charge is 2.22. The predicted octanol–water partition coefficient (Wildman–Crippen LogP) is 16.1. The van der Waals surface area contributed by atoms with E-state index in [2.05, 4.69) is 57.5 Å². The molecule has 6 heteroatoms. The first-order chi connectivity index (χ1) is 29.3. The molecule has 3 unspecified atom stereocenters. The van der Waals surface area contributed by atoms with Gasteiger partial charge in [-0.15, -0.1) is 0 Å². The molecule has 0 aliphatic rings. The van der Waals surface area contributed by atoms with E-state index in [-0.39, 0.29) is 35.8 Å². The lowest BCUT2D eigenvalue weighted by molar-refractivity contribution is 0.0930. The average Bonchev–Trinajstić information content (AvgIpc) is 3.25. The Hall–Kier alpha value is -2.37. The monoisotopic (exact) mass is 838 g/mol. The minimum atomic E-state index is -0.170. The molecule has 0 aliphatic carbocycles. The first-order valence-electron chi connectivity index (χ1n) is 26.4. The van der Waals surface area contributed by atoms with Gasteiger partial charge in [-0.05, 0) is 56.7 Å². The molecule has 1 aromatic rings. The number of hydrogen-bond acceptors (Lipinski definition) is 3. The first kappa shape index (κ1) is 55.6. The van der Waals surface area contributed by atoms with Gasteiger partial charge in [-0.25, -0.2) is 0 Å². The molecule has 1 aromatic carbocycles. The topological polar surface area (TPSA) is 87.3 Å². The fourth-order valence-electron chi connectivity index (χ4n) is 8.66. The molecule has 3 N–H and O–H groups in total. The summed E-state index contributed by atoms with van der Waals surface area (Å²) in [7, 11) is 0. The van der Waals surface area contributed by atoms with Crippen LogP contribution < -0.4 is 16.0 Å². The minimum Gasteiger partial charge on any atom is -0.349 e. The van der Waals surface area contributed by atoms with E-state index in [1.165, 1.54) is 154 Å². The smallest absolute Gasteiger partial charge is 0.251 e. The van der Waals surface area contributed by atoms with E-state index in [1.807, 2.05) is 0 Å². The normalized spacial score (nSPS) is 12.9. The van der Waals surface area contributed by atoms with E-state index in [0.29, 0.717) is 16.7 Å². The molecule has 0 saturated carbocycles. The summed E-state index contributed by atoms with van der Waals surface area (Å²) in [4.78, 5) is 42.7. The number of nitrogens with one attached hydrogen (secondary N) is 3. The molecule has 3 atom stereocenters. The SMILES string of the molecule is CCCCCCCCC(CCCCCC)NC(=O)c1cc(C(=O)NC(CCCCCC)CCCCCCCC)cc(C(=O)NC(CCCCCC)CCCCCCCC)c1. The molecule has 6 nitrogen and oxygen atoms in total. The van der Waals surface area contributed by atoms with Gasteiger partial charge in [0.15, 0.2) is 0 Å². The Morgan fingerprint density at radius 3 is 0.667 bits per heavy atom. The molecule has 0 aliphatic heterocycles. The lowest BCUT2D eigenvalue weighted by Crippen LogP contribution is -2.38. The van der Waals surface area contributed by atoms with Gasteiger partial charge in [-0.1, -0.05) is 234 Å². The minimum absolute atomic E-state index is 0.0879. The van der Waals surface area contributed by atoms with Gasteiger partial charge in [0.05, 0.1) is 0 Å². The lowest BCUT2D eigenvalue weighted by atomic mass is 9.97. The van der Waals surface area contributed by atoms with Gasteiger partial charge in [-0.2, -0.15) is 0 Å². The van der Waals surface area contributed by atoms with Crippen LogP contribution in [-0.2, 0) is 0 Å². The van der Waals surface area contributed by atoms with Crippen LogP contribution in [0.3, 0.4) is 0 Å². The van der Waals surface area contributed by atoms with Crippen LogP contribution in [-0.4, -0.2) is 35.8 Å². The number of carbonyl (C=O) groups is 3. The Balaban J connectivity index is 3.41. The quantitative estimate of drug-likeness (QED) is 0.0573. The van der Waals surface area contributed by atoms with E-state index in [9.17, 15) is 14.4 Å². The molecule has 0 saturated heterocycles. The summed E-state index contributed by atoms with van der Waals surface area (Å²) < 4.78 is 0. The van der Waals surface area contributed by atoms with Crippen molar-refractivity contribution in [3.63, 3.8) is 0 Å². The van der Waals surface area contributed by atoms with E-state index in [1.54, 1.807) is 18.2 Å². The maximum absolute atomic E-state index is 14.2. The van der Waals surface area contributed by atoms with Crippen molar-refractivity contribution in [2.75, 3.05) is 0 Å². The van der Waals surface area contributed by atoms with E-state index < -0.39 is 0 Å². The second-order valence-electron chi connectivity index (χ2n) is 18.5. The zero-order valence-corrected chi connectivity index (χ0v) is 40.6. The highest BCUT2D eigenvalue weighted by Crippen LogP contribution is 2.20. The van der Waals surface area contributed by atoms with Crippen LogP contribution in [0, 0.1) is 0 Å². The van der Waals surface area contributed by atoms with Crippen LogP contribution in [0.5, 0.6) is 0 Å². The highest BCUT2D eigenvalue weighted by atomic mass is 16.2. The van der Waals surface area contributed by atoms with Crippen LogP contribution in [0.1, 0.15) is 304 Å². The van der Waals surface area contributed by atoms with Crippen molar-refractivity contribution < 1.29 is 14.4 Å². The maximum atomic E-state index is 14.2. The molecule has 348 valence electrons. The fourth-order valence-corrected chi connectivity index (χ4v) is 8.66. The van der Waals surface area contributed by atoms with Gasteiger partial charge < -0.3 is 16.0 Å². The highest BCUT2D eigenvalue weighted by molar-refractivity contribution is 6.04. The Bertz CT molecular complexity index is 1030. The standard InChI is InChI=1S/C54H99N3O3/c1-7-13-19-25-28-34-40-49(37-31-22-16-10-4)55-52(58)46-43-47(53(59)56-50(38-32-23-17-11-5)41-35-29-26-20-14-8-2)45-48(44-46)54(60)57-51(39-33-24-18-12-6)42-36-30-27-21-15-9-3/h43-45,49-51H,7-42H2,1-6H3,(H,55,58)(H,56,59)(H,57,60).